The van der Waals surface area contributed by atoms with Crippen LogP contribution in [0.3, 0.4) is 0 Å². The molecule has 1 rings (SSSR count). The molecular weight excluding hydrogens is 268 g/mol. The second-order valence-corrected chi connectivity index (χ2v) is 5.29. The number of carbonyl (C=O) groups is 1. The number of esters is 1. The van der Waals surface area contributed by atoms with Crippen LogP contribution in [0, 0.1) is 0 Å². The lowest BCUT2D eigenvalue weighted by molar-refractivity contribution is -0.858. The SMILES string of the molecule is CCCCNc1ccc(C(=O)OCC[NH+](C)C)cc1OC. The van der Waals surface area contributed by atoms with E-state index in [-0.39, 0.29) is 5.97 Å². The fraction of sp³-hybridized carbons (Fsp3) is 0.562. The highest BCUT2D eigenvalue weighted by Gasteiger charge is 2.11. The Morgan fingerprint density at radius 2 is 2.10 bits per heavy atom. The first-order chi connectivity index (χ1) is 10.1. The van der Waals surface area contributed by atoms with Gasteiger partial charge in [0.05, 0.1) is 32.5 Å². The number of nitrogens with one attached hydrogen (secondary N) is 2. The van der Waals surface area contributed by atoms with Crippen molar-refractivity contribution >= 4 is 11.7 Å². The van der Waals surface area contributed by atoms with Gasteiger partial charge in [-0.05, 0) is 24.6 Å². The summed E-state index contributed by atoms with van der Waals surface area (Å²) >= 11 is 0. The van der Waals surface area contributed by atoms with Crippen molar-refractivity contribution in [2.24, 2.45) is 0 Å². The van der Waals surface area contributed by atoms with Gasteiger partial charge in [0.1, 0.15) is 18.9 Å². The predicted molar refractivity (Wildman–Crippen MR) is 84.4 cm³/mol. The molecule has 5 heteroatoms. The van der Waals surface area contributed by atoms with Crippen LogP contribution in [-0.4, -0.2) is 46.9 Å². The molecule has 0 spiro atoms. The standard InChI is InChI=1S/C16H26N2O3/c1-5-6-9-17-14-8-7-13(12-15(14)20-4)16(19)21-11-10-18(2)3/h7-8,12,17H,5-6,9-11H2,1-4H3/p+1. The molecule has 0 aliphatic heterocycles. The third-order valence-electron chi connectivity index (χ3n) is 3.12. The van der Waals surface area contributed by atoms with E-state index in [1.165, 1.54) is 4.90 Å². The van der Waals surface area contributed by atoms with E-state index in [2.05, 4.69) is 12.2 Å². The number of rotatable bonds is 9. The molecule has 118 valence electrons. The fourth-order valence-corrected chi connectivity index (χ4v) is 1.80. The van der Waals surface area contributed by atoms with Crippen molar-refractivity contribution in [3.63, 3.8) is 0 Å². The number of benzene rings is 1. The van der Waals surface area contributed by atoms with Gasteiger partial charge in [0.2, 0.25) is 0 Å². The third-order valence-corrected chi connectivity index (χ3v) is 3.12. The lowest BCUT2D eigenvalue weighted by Crippen LogP contribution is -3.06. The molecular formula is C16H27N2O3+. The number of anilines is 1. The van der Waals surface area contributed by atoms with Crippen molar-refractivity contribution in [1.29, 1.82) is 0 Å². The van der Waals surface area contributed by atoms with Crippen LogP contribution in [0.25, 0.3) is 0 Å². The van der Waals surface area contributed by atoms with Gasteiger partial charge in [-0.25, -0.2) is 4.79 Å². The molecule has 0 aliphatic carbocycles. The molecule has 0 atom stereocenters. The minimum absolute atomic E-state index is 0.311. The molecule has 0 aromatic heterocycles. The van der Waals surface area contributed by atoms with Crippen molar-refractivity contribution in [2.75, 3.05) is 46.2 Å². The maximum Gasteiger partial charge on any atom is 0.338 e. The number of likely N-dealkylation sites (N-methyl/N-ethyl adjacent to an activating group) is 1. The van der Waals surface area contributed by atoms with Gasteiger partial charge in [-0.3, -0.25) is 0 Å². The Labute approximate surface area is 127 Å². The Morgan fingerprint density at radius 3 is 2.71 bits per heavy atom. The summed E-state index contributed by atoms with van der Waals surface area (Å²) in [5.41, 5.74) is 1.42. The number of carbonyl (C=O) groups excluding carboxylic acids is 1. The summed E-state index contributed by atoms with van der Waals surface area (Å²) < 4.78 is 10.6. The van der Waals surface area contributed by atoms with E-state index in [0.717, 1.165) is 31.6 Å². The highest BCUT2D eigenvalue weighted by molar-refractivity contribution is 5.90. The first-order valence-corrected chi connectivity index (χ1v) is 7.46. The predicted octanol–water partition coefficient (Wildman–Crippen LogP) is 1.21. The van der Waals surface area contributed by atoms with E-state index in [4.69, 9.17) is 9.47 Å². The minimum atomic E-state index is -0.311. The molecule has 1 aromatic carbocycles. The van der Waals surface area contributed by atoms with Crippen molar-refractivity contribution in [1.82, 2.24) is 0 Å². The van der Waals surface area contributed by atoms with Crippen molar-refractivity contribution < 1.29 is 19.2 Å². The third kappa shape index (κ3) is 6.04. The maximum absolute atomic E-state index is 12.0. The molecule has 0 aliphatic rings. The molecule has 0 heterocycles. The summed E-state index contributed by atoms with van der Waals surface area (Å²) in [5, 5.41) is 3.31. The van der Waals surface area contributed by atoms with Crippen molar-refractivity contribution in [3.05, 3.63) is 23.8 Å². The topological polar surface area (TPSA) is 52.0 Å². The van der Waals surface area contributed by atoms with E-state index in [1.54, 1.807) is 19.2 Å². The van der Waals surface area contributed by atoms with E-state index in [9.17, 15) is 4.79 Å². The first kappa shape index (κ1) is 17.3. The molecule has 0 fully saturated rings. The fourth-order valence-electron chi connectivity index (χ4n) is 1.80. The number of quaternary nitrogens is 1. The second-order valence-electron chi connectivity index (χ2n) is 5.29. The lowest BCUT2D eigenvalue weighted by Gasteiger charge is -2.12. The Balaban J connectivity index is 2.65. The number of unbranched alkanes of at least 4 members (excludes halogenated alkanes) is 1. The van der Waals surface area contributed by atoms with Gasteiger partial charge in [0.15, 0.2) is 0 Å². The molecule has 0 saturated carbocycles. The average molecular weight is 295 g/mol. The molecule has 0 radical (unpaired) electrons. The van der Waals surface area contributed by atoms with Crippen LogP contribution in [0.1, 0.15) is 30.1 Å². The number of ether oxygens (including phenoxy) is 2. The quantitative estimate of drug-likeness (QED) is 0.531. The minimum Gasteiger partial charge on any atom is -0.495 e. The van der Waals surface area contributed by atoms with Gasteiger partial charge >= 0.3 is 5.97 Å². The lowest BCUT2D eigenvalue weighted by atomic mass is 10.2. The summed E-state index contributed by atoms with van der Waals surface area (Å²) in [6.07, 6.45) is 2.23. The highest BCUT2D eigenvalue weighted by atomic mass is 16.5. The zero-order valence-electron chi connectivity index (χ0n) is 13.5. The Hall–Kier alpha value is -1.75. The zero-order chi connectivity index (χ0) is 15.7. The van der Waals surface area contributed by atoms with Crippen LogP contribution in [0.4, 0.5) is 5.69 Å². The van der Waals surface area contributed by atoms with Gasteiger partial charge in [-0.2, -0.15) is 0 Å². The zero-order valence-corrected chi connectivity index (χ0v) is 13.5. The molecule has 21 heavy (non-hydrogen) atoms. The molecule has 2 N–H and O–H groups in total. The molecule has 5 nitrogen and oxygen atoms in total. The van der Waals surface area contributed by atoms with Gasteiger partial charge in [-0.15, -0.1) is 0 Å². The molecule has 0 amide bonds. The molecule has 0 unspecified atom stereocenters. The molecule has 0 bridgehead atoms. The number of methoxy groups -OCH3 is 1. The van der Waals surface area contributed by atoms with E-state index in [0.29, 0.717) is 17.9 Å². The van der Waals surface area contributed by atoms with Crippen LogP contribution in [-0.2, 0) is 4.74 Å². The van der Waals surface area contributed by atoms with Crippen molar-refractivity contribution in [2.45, 2.75) is 19.8 Å². The van der Waals surface area contributed by atoms with Crippen LogP contribution in [0.2, 0.25) is 0 Å². The van der Waals surface area contributed by atoms with Gasteiger partial charge in [0, 0.05) is 6.54 Å². The Bertz CT molecular complexity index is 447. The molecule has 0 saturated heterocycles. The van der Waals surface area contributed by atoms with Crippen LogP contribution in [0.5, 0.6) is 5.75 Å². The Morgan fingerprint density at radius 1 is 1.33 bits per heavy atom. The molecule has 1 aromatic rings. The summed E-state index contributed by atoms with van der Waals surface area (Å²) in [4.78, 5) is 13.2. The largest absolute Gasteiger partial charge is 0.495 e. The smallest absolute Gasteiger partial charge is 0.338 e. The van der Waals surface area contributed by atoms with Crippen LogP contribution >= 0.6 is 0 Å². The van der Waals surface area contributed by atoms with Gasteiger partial charge in [0.25, 0.3) is 0 Å². The highest BCUT2D eigenvalue weighted by Crippen LogP contribution is 2.25. The number of hydrogen-bond acceptors (Lipinski definition) is 4. The normalized spacial score (nSPS) is 10.5. The average Bonchev–Trinajstić information content (AvgIpc) is 2.47. The second kappa shape index (κ2) is 9.23. The summed E-state index contributed by atoms with van der Waals surface area (Å²) in [6.45, 7) is 4.25. The number of hydrogen-bond donors (Lipinski definition) is 2. The van der Waals surface area contributed by atoms with E-state index in [1.807, 2.05) is 20.2 Å². The van der Waals surface area contributed by atoms with E-state index < -0.39 is 0 Å². The maximum atomic E-state index is 12.0. The monoisotopic (exact) mass is 295 g/mol. The van der Waals surface area contributed by atoms with Gasteiger partial charge < -0.3 is 19.7 Å². The van der Waals surface area contributed by atoms with E-state index >= 15 is 0 Å². The van der Waals surface area contributed by atoms with Crippen LogP contribution < -0.4 is 15.0 Å². The summed E-state index contributed by atoms with van der Waals surface area (Å²) in [5.74, 6) is 0.355. The van der Waals surface area contributed by atoms with Gasteiger partial charge in [-0.1, -0.05) is 13.3 Å². The summed E-state index contributed by atoms with van der Waals surface area (Å²) in [6, 6.07) is 5.35. The Kier molecular flexibility index (Phi) is 7.61. The summed E-state index contributed by atoms with van der Waals surface area (Å²) in [7, 11) is 5.64. The first-order valence-electron chi connectivity index (χ1n) is 7.46. The van der Waals surface area contributed by atoms with Crippen LogP contribution in [0.15, 0.2) is 18.2 Å². The van der Waals surface area contributed by atoms with Crippen molar-refractivity contribution in [3.8, 4) is 5.75 Å².